The van der Waals surface area contributed by atoms with E-state index in [0.29, 0.717) is 40.6 Å². The van der Waals surface area contributed by atoms with Crippen molar-refractivity contribution < 1.29 is 53.3 Å². The number of carbonyl (C=O) groups is 1. The number of fused-ring (bicyclic) bond motifs is 2. The summed E-state index contributed by atoms with van der Waals surface area (Å²) < 4.78 is 18.0. The number of aromatic carboxylic acids is 1. The Bertz CT molecular complexity index is 1420. The number of carboxylic acids is 1. The van der Waals surface area contributed by atoms with Gasteiger partial charge in [-0.05, 0) is 76.1 Å². The molecule has 1 aliphatic carbocycles. The molecule has 36 heavy (non-hydrogen) atoms. The fraction of sp³-hybridized carbons (Fsp3) is 0.379. The first-order chi connectivity index (χ1) is 16.8. The molecular weight excluding hydrogens is 465 g/mol. The topological polar surface area (TPSA) is 84.6 Å². The number of carboxylic acid groups (broad SMARTS) is 1. The summed E-state index contributed by atoms with van der Waals surface area (Å²) in [5.41, 5.74) is 3.55. The summed E-state index contributed by atoms with van der Waals surface area (Å²) in [5, 5.41) is 13.7. The van der Waals surface area contributed by atoms with Crippen LogP contribution in [-0.2, 0) is 4.74 Å². The first kappa shape index (κ1) is 26.7. The fourth-order valence-corrected chi connectivity index (χ4v) is 5.13. The van der Waals surface area contributed by atoms with Gasteiger partial charge in [-0.15, -0.1) is 0 Å². The number of ether oxygens (including phenoxy) is 2. The van der Waals surface area contributed by atoms with E-state index in [1.807, 2.05) is 50.2 Å². The van der Waals surface area contributed by atoms with Crippen LogP contribution in [0.1, 0.15) is 54.1 Å². The summed E-state index contributed by atoms with van der Waals surface area (Å²) in [6.07, 6.45) is 3.99. The molecule has 1 fully saturated rings. The minimum atomic E-state index is -1.27. The van der Waals surface area contributed by atoms with Gasteiger partial charge in [0.1, 0.15) is 17.0 Å². The zero-order valence-electron chi connectivity index (χ0n) is 21.6. The smallest absolute Gasteiger partial charge is 0.545 e. The van der Waals surface area contributed by atoms with Crippen LogP contribution in [0.3, 0.4) is 0 Å². The number of aryl methyl sites for hydroxylation is 2. The van der Waals surface area contributed by atoms with Crippen LogP contribution in [0.25, 0.3) is 33.3 Å². The Balaban J connectivity index is 0.00000304. The van der Waals surface area contributed by atoms with Gasteiger partial charge in [-0.25, -0.2) is 4.98 Å². The maximum Gasteiger partial charge on any atom is 1.00 e. The molecule has 0 N–H and O–H groups in total. The number of nitrogens with zero attached hydrogens (tertiary/aromatic N) is 1. The van der Waals surface area contributed by atoms with Crippen molar-refractivity contribution in [3.05, 3.63) is 59.2 Å². The van der Waals surface area contributed by atoms with E-state index in [4.69, 9.17) is 18.9 Å². The average Bonchev–Trinajstić information content (AvgIpc) is 3.20. The Kier molecular flexibility index (Phi) is 7.81. The van der Waals surface area contributed by atoms with E-state index in [2.05, 4.69) is 6.92 Å². The molecule has 0 radical (unpaired) electrons. The first-order valence-electron chi connectivity index (χ1n) is 12.1. The third-order valence-electron chi connectivity index (χ3n) is 7.55. The third-order valence-corrected chi connectivity index (χ3v) is 7.55. The normalized spacial score (nSPS) is 19.8. The van der Waals surface area contributed by atoms with E-state index in [1.165, 1.54) is 0 Å². The van der Waals surface area contributed by atoms with Crippen LogP contribution >= 0.6 is 0 Å². The van der Waals surface area contributed by atoms with Crippen LogP contribution in [0.5, 0.6) is 5.75 Å². The van der Waals surface area contributed by atoms with Crippen molar-refractivity contribution in [2.45, 2.75) is 52.1 Å². The molecule has 182 valence electrons. The predicted molar refractivity (Wildman–Crippen MR) is 134 cm³/mol. The van der Waals surface area contributed by atoms with E-state index in [9.17, 15) is 9.90 Å². The summed E-state index contributed by atoms with van der Waals surface area (Å²) in [7, 11) is 1.77. The van der Waals surface area contributed by atoms with Crippen molar-refractivity contribution in [3.63, 3.8) is 0 Å². The second-order valence-corrected chi connectivity index (χ2v) is 9.91. The summed E-state index contributed by atoms with van der Waals surface area (Å²) >= 11 is 0. The maximum atomic E-state index is 12.3. The first-order valence-corrected chi connectivity index (χ1v) is 12.1. The van der Waals surface area contributed by atoms with E-state index < -0.39 is 5.97 Å². The molecule has 0 atom stereocenters. The number of hydrogen-bond donors (Lipinski definition) is 0. The molecule has 0 bridgehead atoms. The number of hydrogen-bond acceptors (Lipinski definition) is 6. The molecule has 1 aliphatic rings. The van der Waals surface area contributed by atoms with Gasteiger partial charge in [-0.1, -0.05) is 24.3 Å². The molecule has 0 unspecified atom stereocenters. The van der Waals surface area contributed by atoms with Crippen LogP contribution < -0.4 is 39.4 Å². The average molecular weight is 496 g/mol. The predicted octanol–water partition coefficient (Wildman–Crippen LogP) is 2.61. The SMILES string of the molecule is COC1(C)CCC(COc2ccc(C)c3nc(-c4oc5ccccc5c4C)cc(C(=O)[O-])c23)CC1.[Na+]. The summed E-state index contributed by atoms with van der Waals surface area (Å²) in [5.74, 6) is 0.206. The maximum absolute atomic E-state index is 12.3. The van der Waals surface area contributed by atoms with Crippen LogP contribution in [0.2, 0.25) is 0 Å². The summed E-state index contributed by atoms with van der Waals surface area (Å²) in [6.45, 7) is 6.54. The number of para-hydroxylation sites is 1. The molecule has 2 heterocycles. The Morgan fingerprint density at radius 2 is 1.89 bits per heavy atom. The Morgan fingerprint density at radius 1 is 1.17 bits per heavy atom. The molecule has 5 rings (SSSR count). The number of aromatic nitrogens is 1. The van der Waals surface area contributed by atoms with Crippen molar-refractivity contribution in [1.82, 2.24) is 4.98 Å². The fourth-order valence-electron chi connectivity index (χ4n) is 5.13. The van der Waals surface area contributed by atoms with E-state index in [0.717, 1.165) is 47.8 Å². The standard InChI is InChI=1S/C29H31NO5.Na/c1-17-9-10-24(34-16-19-11-13-29(3,33-4)14-12-19)25-21(28(31)32)15-22(30-26(17)25)27-18(2)20-7-5-6-8-23(20)35-27;/h5-10,15,19H,11-14,16H2,1-4H3,(H,31,32);/q;+1/p-1. The van der Waals surface area contributed by atoms with Gasteiger partial charge in [-0.2, -0.15) is 0 Å². The van der Waals surface area contributed by atoms with Crippen LogP contribution in [0.4, 0.5) is 0 Å². The van der Waals surface area contributed by atoms with Crippen molar-refractivity contribution in [1.29, 1.82) is 0 Å². The van der Waals surface area contributed by atoms with E-state index in [1.54, 1.807) is 13.2 Å². The van der Waals surface area contributed by atoms with E-state index >= 15 is 0 Å². The Labute approximate surface area is 233 Å². The van der Waals surface area contributed by atoms with Crippen LogP contribution in [-0.4, -0.2) is 30.3 Å². The molecular formula is C29H30NNaO5. The Hall–Kier alpha value is -2.38. The molecule has 1 saturated carbocycles. The van der Waals surface area contributed by atoms with Gasteiger partial charge >= 0.3 is 29.6 Å². The molecule has 0 saturated heterocycles. The van der Waals surface area contributed by atoms with Gasteiger partial charge < -0.3 is 23.8 Å². The van der Waals surface area contributed by atoms with Gasteiger partial charge in [0.25, 0.3) is 0 Å². The number of rotatable bonds is 6. The summed E-state index contributed by atoms with van der Waals surface area (Å²) in [4.78, 5) is 17.1. The number of carbonyl (C=O) groups excluding carboxylic acids is 1. The van der Waals surface area contributed by atoms with Crippen molar-refractivity contribution in [2.24, 2.45) is 5.92 Å². The monoisotopic (exact) mass is 495 g/mol. The molecule has 2 aromatic carbocycles. The number of pyridine rings is 1. The number of benzene rings is 2. The molecule has 0 spiro atoms. The van der Waals surface area contributed by atoms with Gasteiger partial charge in [-0.3, -0.25) is 0 Å². The number of methoxy groups -OCH3 is 1. The largest absolute Gasteiger partial charge is 1.00 e. The Morgan fingerprint density at radius 3 is 2.56 bits per heavy atom. The second kappa shape index (κ2) is 10.5. The van der Waals surface area contributed by atoms with Crippen molar-refractivity contribution in [2.75, 3.05) is 13.7 Å². The van der Waals surface area contributed by atoms with Crippen LogP contribution in [0, 0.1) is 19.8 Å². The van der Waals surface area contributed by atoms with Gasteiger partial charge in [0.15, 0.2) is 5.76 Å². The van der Waals surface area contributed by atoms with Crippen LogP contribution in [0.15, 0.2) is 46.9 Å². The molecule has 2 aromatic heterocycles. The van der Waals surface area contributed by atoms with Gasteiger partial charge in [0, 0.05) is 23.6 Å². The molecule has 0 aliphatic heterocycles. The zero-order chi connectivity index (χ0) is 24.7. The minimum absolute atomic E-state index is 0. The second-order valence-electron chi connectivity index (χ2n) is 9.91. The zero-order valence-corrected chi connectivity index (χ0v) is 23.6. The van der Waals surface area contributed by atoms with Crippen molar-refractivity contribution in [3.8, 4) is 17.2 Å². The molecule has 6 nitrogen and oxygen atoms in total. The van der Waals surface area contributed by atoms with Crippen molar-refractivity contribution >= 4 is 27.8 Å². The molecule has 4 aromatic rings. The van der Waals surface area contributed by atoms with E-state index in [-0.39, 0.29) is 40.7 Å². The molecule has 0 amide bonds. The summed E-state index contributed by atoms with van der Waals surface area (Å²) in [6, 6.07) is 13.0. The van der Waals surface area contributed by atoms with Gasteiger partial charge in [0.05, 0.1) is 29.1 Å². The number of furan rings is 1. The third kappa shape index (κ3) is 4.92. The quantitative estimate of drug-likeness (QED) is 0.383. The van der Waals surface area contributed by atoms with Gasteiger partial charge in [0.2, 0.25) is 0 Å². The molecule has 7 heteroatoms. The minimum Gasteiger partial charge on any atom is -0.545 e.